The van der Waals surface area contributed by atoms with E-state index in [-0.39, 0.29) is 23.0 Å². The van der Waals surface area contributed by atoms with Gasteiger partial charge >= 0.3 is 11.9 Å². The third-order valence-electron chi connectivity index (χ3n) is 4.16. The number of phenols is 1. The van der Waals surface area contributed by atoms with E-state index in [9.17, 15) is 19.5 Å². The normalized spacial score (nSPS) is 13.6. The molecular weight excluding hydrogens is 396 g/mol. The number of thiophene rings is 1. The van der Waals surface area contributed by atoms with Crippen LogP contribution in [0.15, 0.2) is 18.2 Å². The molecule has 0 bridgehead atoms. The SMILES string of the molecule is CCOC(=O)[C@@H](C)C(C(=O)OC(C)(C)C)C(=O)c1cc2cc(O)c(OC)cc2s1. The van der Waals surface area contributed by atoms with Crippen LogP contribution in [0.4, 0.5) is 0 Å². The predicted molar refractivity (Wildman–Crippen MR) is 110 cm³/mol. The molecule has 0 aliphatic carbocycles. The smallest absolute Gasteiger partial charge is 0.318 e. The van der Waals surface area contributed by atoms with Crippen molar-refractivity contribution in [3.63, 3.8) is 0 Å². The molecule has 158 valence electrons. The van der Waals surface area contributed by atoms with Crippen LogP contribution in [0.1, 0.15) is 44.3 Å². The minimum absolute atomic E-state index is 0.0552. The van der Waals surface area contributed by atoms with Crippen LogP contribution < -0.4 is 4.74 Å². The number of methoxy groups -OCH3 is 1. The van der Waals surface area contributed by atoms with Crippen LogP contribution in [0, 0.1) is 11.8 Å². The molecule has 0 aliphatic rings. The molecule has 29 heavy (non-hydrogen) atoms. The van der Waals surface area contributed by atoms with Gasteiger partial charge in [0.25, 0.3) is 0 Å². The van der Waals surface area contributed by atoms with E-state index in [1.165, 1.54) is 20.1 Å². The fourth-order valence-corrected chi connectivity index (χ4v) is 3.86. The number of phenolic OH excluding ortho intramolecular Hbond substituents is 1. The molecule has 1 aromatic heterocycles. The Balaban J connectivity index is 2.46. The molecule has 2 aromatic rings. The van der Waals surface area contributed by atoms with Gasteiger partial charge < -0.3 is 19.3 Å². The van der Waals surface area contributed by atoms with Gasteiger partial charge in [-0.05, 0) is 45.2 Å². The van der Waals surface area contributed by atoms with E-state index >= 15 is 0 Å². The zero-order valence-electron chi connectivity index (χ0n) is 17.4. The highest BCUT2D eigenvalue weighted by atomic mass is 32.1. The van der Waals surface area contributed by atoms with Crippen molar-refractivity contribution >= 4 is 39.1 Å². The van der Waals surface area contributed by atoms with E-state index in [1.54, 1.807) is 39.8 Å². The molecule has 1 N–H and O–H groups in total. The molecule has 7 nitrogen and oxygen atoms in total. The summed E-state index contributed by atoms with van der Waals surface area (Å²) in [4.78, 5) is 38.6. The Morgan fingerprint density at radius 2 is 1.79 bits per heavy atom. The van der Waals surface area contributed by atoms with Crippen LogP contribution in [0.2, 0.25) is 0 Å². The van der Waals surface area contributed by atoms with Gasteiger partial charge in [-0.15, -0.1) is 11.3 Å². The van der Waals surface area contributed by atoms with Gasteiger partial charge in [-0.25, -0.2) is 0 Å². The van der Waals surface area contributed by atoms with Crippen molar-refractivity contribution in [3.05, 3.63) is 23.1 Å². The van der Waals surface area contributed by atoms with Gasteiger partial charge in [-0.1, -0.05) is 6.92 Å². The molecule has 1 heterocycles. The zero-order valence-corrected chi connectivity index (χ0v) is 18.2. The standard InChI is InChI=1S/C21H26O7S/c1-7-27-19(24)11(2)17(20(25)28-21(3,4)5)18(23)16-9-12-8-13(22)14(26-6)10-15(12)29-16/h8-11,17,22H,7H2,1-6H3/t11-,17?/m0/s1. The van der Waals surface area contributed by atoms with E-state index in [0.717, 1.165) is 11.3 Å². The van der Waals surface area contributed by atoms with Gasteiger partial charge in [0.1, 0.15) is 11.5 Å². The van der Waals surface area contributed by atoms with Crippen molar-refractivity contribution in [1.29, 1.82) is 0 Å². The molecule has 2 atom stereocenters. The second kappa shape index (κ2) is 8.82. The molecule has 2 rings (SSSR count). The number of carbonyl (C=O) groups is 3. The number of esters is 2. The number of ether oxygens (including phenoxy) is 3. The summed E-state index contributed by atoms with van der Waals surface area (Å²) in [5.41, 5.74) is -0.816. The monoisotopic (exact) mass is 422 g/mol. The molecule has 1 unspecified atom stereocenters. The van der Waals surface area contributed by atoms with Gasteiger partial charge in [0.2, 0.25) is 0 Å². The van der Waals surface area contributed by atoms with Crippen LogP contribution in [-0.2, 0) is 19.1 Å². The summed E-state index contributed by atoms with van der Waals surface area (Å²) in [5.74, 6) is -4.07. The highest BCUT2D eigenvalue weighted by Crippen LogP contribution is 2.37. The van der Waals surface area contributed by atoms with Crippen molar-refractivity contribution in [2.75, 3.05) is 13.7 Å². The largest absolute Gasteiger partial charge is 0.504 e. The summed E-state index contributed by atoms with van der Waals surface area (Å²) in [6, 6.07) is 4.68. The van der Waals surface area contributed by atoms with Crippen molar-refractivity contribution in [2.45, 2.75) is 40.2 Å². The number of rotatable bonds is 7. The van der Waals surface area contributed by atoms with Gasteiger partial charge in [0.15, 0.2) is 17.3 Å². The Labute approximate surface area is 173 Å². The maximum absolute atomic E-state index is 13.2. The average Bonchev–Trinajstić information content (AvgIpc) is 3.02. The number of carbonyl (C=O) groups excluding carboxylic acids is 3. The van der Waals surface area contributed by atoms with Gasteiger partial charge in [0, 0.05) is 10.8 Å². The topological polar surface area (TPSA) is 99.1 Å². The molecule has 0 spiro atoms. The number of benzene rings is 1. The number of fused-ring (bicyclic) bond motifs is 1. The lowest BCUT2D eigenvalue weighted by molar-refractivity contribution is -0.165. The quantitative estimate of drug-likeness (QED) is 0.410. The van der Waals surface area contributed by atoms with E-state index in [1.807, 2.05) is 0 Å². The molecule has 1 aromatic carbocycles. The summed E-state index contributed by atoms with van der Waals surface area (Å²) in [6.45, 7) is 8.34. The number of ketones is 1. The lowest BCUT2D eigenvalue weighted by atomic mass is 9.89. The van der Waals surface area contributed by atoms with Crippen LogP contribution in [-0.4, -0.2) is 42.1 Å². The summed E-state index contributed by atoms with van der Waals surface area (Å²) in [5, 5.41) is 10.6. The first kappa shape index (κ1) is 22.7. The second-order valence-electron chi connectivity index (χ2n) is 7.59. The number of Topliss-reactive ketones (excluding diaryl/α,β-unsaturated/α-hetero) is 1. The fourth-order valence-electron chi connectivity index (χ4n) is 2.81. The lowest BCUT2D eigenvalue weighted by Gasteiger charge is -2.25. The molecule has 0 amide bonds. The first-order valence-electron chi connectivity index (χ1n) is 9.22. The first-order chi connectivity index (χ1) is 13.5. The van der Waals surface area contributed by atoms with Gasteiger partial charge in [0.05, 0.1) is 24.5 Å². The third kappa shape index (κ3) is 5.26. The fraction of sp³-hybridized carbons (Fsp3) is 0.476. The van der Waals surface area contributed by atoms with Crippen molar-refractivity contribution in [3.8, 4) is 11.5 Å². The first-order valence-corrected chi connectivity index (χ1v) is 10.0. The summed E-state index contributed by atoms with van der Waals surface area (Å²) in [6.07, 6.45) is 0. The van der Waals surface area contributed by atoms with E-state index in [4.69, 9.17) is 14.2 Å². The van der Waals surface area contributed by atoms with E-state index in [0.29, 0.717) is 10.1 Å². The highest BCUT2D eigenvalue weighted by Gasteiger charge is 2.41. The Bertz CT molecular complexity index is 923. The average molecular weight is 422 g/mol. The molecule has 0 aliphatic heterocycles. The van der Waals surface area contributed by atoms with Crippen molar-refractivity contribution in [1.82, 2.24) is 0 Å². The van der Waals surface area contributed by atoms with Crippen LogP contribution >= 0.6 is 11.3 Å². The Hall–Kier alpha value is -2.61. The highest BCUT2D eigenvalue weighted by molar-refractivity contribution is 7.20. The second-order valence-corrected chi connectivity index (χ2v) is 8.67. The summed E-state index contributed by atoms with van der Waals surface area (Å²) >= 11 is 1.15. The molecule has 0 fully saturated rings. The van der Waals surface area contributed by atoms with Crippen molar-refractivity contribution < 1.29 is 33.7 Å². The van der Waals surface area contributed by atoms with Crippen LogP contribution in [0.5, 0.6) is 11.5 Å². The van der Waals surface area contributed by atoms with Gasteiger partial charge in [-0.2, -0.15) is 0 Å². The minimum Gasteiger partial charge on any atom is -0.504 e. The Morgan fingerprint density at radius 1 is 1.14 bits per heavy atom. The minimum atomic E-state index is -1.34. The maximum atomic E-state index is 13.2. The van der Waals surface area contributed by atoms with Crippen LogP contribution in [0.25, 0.3) is 10.1 Å². The van der Waals surface area contributed by atoms with Crippen LogP contribution in [0.3, 0.4) is 0 Å². The maximum Gasteiger partial charge on any atom is 0.318 e. The molecule has 0 radical (unpaired) electrons. The predicted octanol–water partition coefficient (Wildman–Crippen LogP) is 3.96. The van der Waals surface area contributed by atoms with E-state index in [2.05, 4.69) is 0 Å². The van der Waals surface area contributed by atoms with E-state index < -0.39 is 35.2 Å². The zero-order chi connectivity index (χ0) is 21.9. The lowest BCUT2D eigenvalue weighted by Crippen LogP contribution is -2.39. The third-order valence-corrected chi connectivity index (χ3v) is 5.27. The van der Waals surface area contributed by atoms with Gasteiger partial charge in [-0.3, -0.25) is 14.4 Å². The summed E-state index contributed by atoms with van der Waals surface area (Å²) < 4.78 is 16.2. The molecule has 0 saturated carbocycles. The number of aromatic hydroxyl groups is 1. The number of hydrogen-bond acceptors (Lipinski definition) is 8. The summed E-state index contributed by atoms with van der Waals surface area (Å²) in [7, 11) is 1.43. The molecule has 0 saturated heterocycles. The van der Waals surface area contributed by atoms with Crippen molar-refractivity contribution in [2.24, 2.45) is 11.8 Å². The Morgan fingerprint density at radius 3 is 2.34 bits per heavy atom. The molecule has 8 heteroatoms. The Kier molecular flexibility index (Phi) is 6.89. The molecular formula is C21H26O7S. The number of hydrogen-bond donors (Lipinski definition) is 1.